The first-order valence-corrected chi connectivity index (χ1v) is 10.6. The number of hydrogen-bond donors (Lipinski definition) is 3. The first-order valence-electron chi connectivity index (χ1n) is 10.6. The Balaban J connectivity index is 1.52. The third-order valence-corrected chi connectivity index (χ3v) is 5.82. The number of nitrogens with one attached hydrogen (secondary N) is 1. The van der Waals surface area contributed by atoms with Crippen molar-refractivity contribution in [3.8, 4) is 5.75 Å². The van der Waals surface area contributed by atoms with E-state index in [1.54, 1.807) is 47.6 Å². The van der Waals surface area contributed by atoms with Crippen LogP contribution in [0.2, 0.25) is 0 Å². The van der Waals surface area contributed by atoms with Gasteiger partial charge >= 0.3 is 0 Å². The molecule has 4 rings (SSSR count). The molecule has 0 saturated carbocycles. The molecule has 1 fully saturated rings. The number of nitrogens with two attached hydrogens (primary N) is 1. The van der Waals surface area contributed by atoms with E-state index in [-0.39, 0.29) is 17.6 Å². The Morgan fingerprint density at radius 2 is 1.88 bits per heavy atom. The molecule has 3 unspecified atom stereocenters. The van der Waals surface area contributed by atoms with Crippen LogP contribution in [0.4, 0.5) is 5.69 Å². The molecular formula is C25H26N4O3. The maximum absolute atomic E-state index is 13.2. The van der Waals surface area contributed by atoms with Crippen molar-refractivity contribution in [2.24, 2.45) is 11.7 Å². The Morgan fingerprint density at radius 1 is 1.12 bits per heavy atom. The number of hydrogen-bond acceptors (Lipinski definition) is 5. The molecule has 3 atom stereocenters. The topological polar surface area (TPSA) is 109 Å². The highest BCUT2D eigenvalue weighted by Crippen LogP contribution is 2.32. The molecule has 2 amide bonds. The molecule has 1 aliphatic rings. The van der Waals surface area contributed by atoms with Gasteiger partial charge in [0.2, 0.25) is 11.8 Å². The fourth-order valence-corrected chi connectivity index (χ4v) is 4.09. The SMILES string of the molecule is NC(CC(NC(=O)C1CCN(c2ccccc2)C1=O)c1ccccc1O)c1cccnc1. The van der Waals surface area contributed by atoms with Crippen LogP contribution in [-0.2, 0) is 9.59 Å². The molecule has 164 valence electrons. The van der Waals surface area contributed by atoms with Gasteiger partial charge in [-0.1, -0.05) is 42.5 Å². The van der Waals surface area contributed by atoms with E-state index < -0.39 is 18.0 Å². The average molecular weight is 431 g/mol. The monoisotopic (exact) mass is 430 g/mol. The third kappa shape index (κ3) is 4.63. The zero-order valence-electron chi connectivity index (χ0n) is 17.6. The number of aromatic hydroxyl groups is 1. The minimum atomic E-state index is -0.779. The predicted molar refractivity (Wildman–Crippen MR) is 122 cm³/mol. The molecule has 32 heavy (non-hydrogen) atoms. The van der Waals surface area contributed by atoms with Crippen LogP contribution in [0.3, 0.4) is 0 Å². The number of benzene rings is 2. The molecule has 0 bridgehead atoms. The van der Waals surface area contributed by atoms with Crippen LogP contribution in [0.5, 0.6) is 5.75 Å². The summed E-state index contributed by atoms with van der Waals surface area (Å²) in [6, 6.07) is 18.9. The highest BCUT2D eigenvalue weighted by atomic mass is 16.3. The van der Waals surface area contributed by atoms with Crippen molar-refractivity contribution < 1.29 is 14.7 Å². The quantitative estimate of drug-likeness (QED) is 0.499. The van der Waals surface area contributed by atoms with E-state index in [1.165, 1.54) is 0 Å². The first-order chi connectivity index (χ1) is 15.5. The van der Waals surface area contributed by atoms with Crippen LogP contribution in [0.25, 0.3) is 0 Å². The van der Waals surface area contributed by atoms with Gasteiger partial charge in [-0.2, -0.15) is 0 Å². The Kier molecular flexibility index (Phi) is 6.47. The van der Waals surface area contributed by atoms with Gasteiger partial charge in [-0.15, -0.1) is 0 Å². The van der Waals surface area contributed by atoms with Crippen LogP contribution in [-0.4, -0.2) is 28.4 Å². The van der Waals surface area contributed by atoms with Gasteiger partial charge in [-0.25, -0.2) is 0 Å². The second-order valence-corrected chi connectivity index (χ2v) is 7.92. The lowest BCUT2D eigenvalue weighted by Crippen LogP contribution is -2.39. The number of aromatic nitrogens is 1. The number of pyridine rings is 1. The summed E-state index contributed by atoms with van der Waals surface area (Å²) in [6.45, 7) is 0.484. The molecule has 1 aromatic heterocycles. The minimum absolute atomic E-state index is 0.0693. The molecule has 3 aromatic rings. The van der Waals surface area contributed by atoms with Gasteiger partial charge in [0.15, 0.2) is 0 Å². The Bertz CT molecular complexity index is 1070. The second-order valence-electron chi connectivity index (χ2n) is 7.92. The van der Waals surface area contributed by atoms with Crippen LogP contribution in [0, 0.1) is 5.92 Å². The van der Waals surface area contributed by atoms with E-state index >= 15 is 0 Å². The molecule has 1 saturated heterocycles. The summed E-state index contributed by atoms with van der Waals surface area (Å²) in [7, 11) is 0. The largest absolute Gasteiger partial charge is 0.508 e. The van der Waals surface area contributed by atoms with E-state index in [0.29, 0.717) is 24.9 Å². The standard InChI is InChI=1S/C25H26N4O3/c26-21(17-7-6-13-27-16-17)15-22(19-10-4-5-11-23(19)30)28-24(31)20-12-14-29(25(20)32)18-8-2-1-3-9-18/h1-11,13,16,20-22,30H,12,14-15,26H2,(H,28,31). The van der Waals surface area contributed by atoms with Crippen molar-refractivity contribution in [1.29, 1.82) is 0 Å². The third-order valence-electron chi connectivity index (χ3n) is 5.82. The Labute approximate surface area is 186 Å². The molecule has 0 aliphatic carbocycles. The lowest BCUT2D eigenvalue weighted by molar-refractivity contribution is -0.132. The Hall–Kier alpha value is -3.71. The summed E-state index contributed by atoms with van der Waals surface area (Å²) in [5.41, 5.74) is 8.56. The van der Waals surface area contributed by atoms with Crippen molar-refractivity contribution in [1.82, 2.24) is 10.3 Å². The van der Waals surface area contributed by atoms with Gasteiger partial charge < -0.3 is 21.1 Å². The van der Waals surface area contributed by atoms with E-state index in [9.17, 15) is 14.7 Å². The molecule has 0 radical (unpaired) electrons. The smallest absolute Gasteiger partial charge is 0.239 e. The number of amides is 2. The maximum atomic E-state index is 13.2. The lowest BCUT2D eigenvalue weighted by atomic mass is 9.94. The lowest BCUT2D eigenvalue weighted by Gasteiger charge is -2.25. The molecule has 2 heterocycles. The molecule has 2 aromatic carbocycles. The normalized spacial score (nSPS) is 17.7. The van der Waals surface area contributed by atoms with Crippen molar-refractivity contribution in [2.75, 3.05) is 11.4 Å². The molecule has 7 heteroatoms. The number of anilines is 1. The summed E-state index contributed by atoms with van der Waals surface area (Å²) >= 11 is 0. The zero-order chi connectivity index (χ0) is 22.5. The van der Waals surface area contributed by atoms with E-state index in [0.717, 1.165) is 11.3 Å². The van der Waals surface area contributed by atoms with Crippen molar-refractivity contribution in [2.45, 2.75) is 24.9 Å². The zero-order valence-corrected chi connectivity index (χ0v) is 17.6. The summed E-state index contributed by atoms with van der Waals surface area (Å²) in [5, 5.41) is 13.4. The molecule has 4 N–H and O–H groups in total. The predicted octanol–water partition coefficient (Wildman–Crippen LogP) is 3.09. The number of nitrogens with zero attached hydrogens (tertiary/aromatic N) is 2. The number of phenolic OH excluding ortho intramolecular Hbond substituents is 1. The molecular weight excluding hydrogens is 404 g/mol. The summed E-state index contributed by atoms with van der Waals surface area (Å²) in [5.74, 6) is -1.29. The van der Waals surface area contributed by atoms with Gasteiger partial charge in [-0.3, -0.25) is 14.6 Å². The minimum Gasteiger partial charge on any atom is -0.508 e. The Morgan fingerprint density at radius 3 is 2.59 bits per heavy atom. The van der Waals surface area contributed by atoms with Crippen molar-refractivity contribution in [3.63, 3.8) is 0 Å². The highest BCUT2D eigenvalue weighted by molar-refractivity contribution is 6.09. The van der Waals surface area contributed by atoms with E-state index in [1.807, 2.05) is 36.4 Å². The van der Waals surface area contributed by atoms with Gasteiger partial charge in [0.1, 0.15) is 11.7 Å². The second kappa shape index (κ2) is 9.62. The highest BCUT2D eigenvalue weighted by Gasteiger charge is 2.38. The van der Waals surface area contributed by atoms with Crippen LogP contribution in [0.15, 0.2) is 79.1 Å². The summed E-state index contributed by atoms with van der Waals surface area (Å²) < 4.78 is 0. The fraction of sp³-hybridized carbons (Fsp3) is 0.240. The van der Waals surface area contributed by atoms with Gasteiger partial charge in [-0.05, 0) is 42.7 Å². The molecule has 7 nitrogen and oxygen atoms in total. The molecule has 1 aliphatic heterocycles. The van der Waals surface area contributed by atoms with Crippen LogP contribution in [0.1, 0.15) is 36.1 Å². The van der Waals surface area contributed by atoms with Gasteiger partial charge in [0.05, 0.1) is 6.04 Å². The fourth-order valence-electron chi connectivity index (χ4n) is 4.09. The van der Waals surface area contributed by atoms with E-state index in [4.69, 9.17) is 5.73 Å². The number of phenols is 1. The first kappa shape index (κ1) is 21.5. The van der Waals surface area contributed by atoms with Crippen LogP contribution >= 0.6 is 0 Å². The number of carbonyl (C=O) groups excluding carboxylic acids is 2. The average Bonchev–Trinajstić information content (AvgIpc) is 3.21. The van der Waals surface area contributed by atoms with Gasteiger partial charge in [0.25, 0.3) is 0 Å². The van der Waals surface area contributed by atoms with Crippen LogP contribution < -0.4 is 16.0 Å². The maximum Gasteiger partial charge on any atom is 0.239 e. The number of rotatable bonds is 7. The number of carbonyl (C=O) groups is 2. The number of para-hydroxylation sites is 2. The summed E-state index contributed by atoms with van der Waals surface area (Å²) in [6.07, 6.45) is 4.13. The summed E-state index contributed by atoms with van der Waals surface area (Å²) in [4.78, 5) is 31.9. The van der Waals surface area contributed by atoms with Gasteiger partial charge in [0, 0.05) is 36.2 Å². The van der Waals surface area contributed by atoms with Crippen molar-refractivity contribution in [3.05, 3.63) is 90.3 Å². The van der Waals surface area contributed by atoms with Crippen molar-refractivity contribution >= 4 is 17.5 Å². The molecule has 0 spiro atoms. The van der Waals surface area contributed by atoms with E-state index in [2.05, 4.69) is 10.3 Å².